The summed E-state index contributed by atoms with van der Waals surface area (Å²) < 4.78 is 10.8. The van der Waals surface area contributed by atoms with Gasteiger partial charge in [-0.05, 0) is 37.7 Å². The van der Waals surface area contributed by atoms with Gasteiger partial charge in [-0.1, -0.05) is 31.1 Å². The standard InChI is InChI=1S/C24H38N6O2/c1-4-25-24(30-14-12-29(13-15-30)20-22-11-17-32-27-22)26-19-21-7-9-23(10-8-21)31-18-16-28(5-2)6-3/h7-11,17H,4-6,12-16,18-20H2,1-3H3,(H,25,26). The molecule has 1 fully saturated rings. The van der Waals surface area contributed by atoms with E-state index in [1.54, 1.807) is 6.26 Å². The van der Waals surface area contributed by atoms with E-state index in [-0.39, 0.29) is 0 Å². The molecule has 3 rings (SSSR count). The molecule has 0 atom stereocenters. The van der Waals surface area contributed by atoms with Crippen molar-refractivity contribution in [2.45, 2.75) is 33.9 Å². The molecule has 0 amide bonds. The van der Waals surface area contributed by atoms with E-state index in [4.69, 9.17) is 14.3 Å². The summed E-state index contributed by atoms with van der Waals surface area (Å²) in [7, 11) is 0. The molecule has 0 bridgehead atoms. The van der Waals surface area contributed by atoms with E-state index in [1.165, 1.54) is 5.56 Å². The van der Waals surface area contributed by atoms with Crippen molar-refractivity contribution >= 4 is 5.96 Å². The molecule has 1 aromatic carbocycles. The van der Waals surface area contributed by atoms with Crippen molar-refractivity contribution in [2.75, 3.05) is 59.0 Å². The maximum atomic E-state index is 5.89. The van der Waals surface area contributed by atoms with Crippen LogP contribution in [0.15, 0.2) is 46.1 Å². The van der Waals surface area contributed by atoms with Crippen LogP contribution in [0.5, 0.6) is 5.75 Å². The molecule has 8 nitrogen and oxygen atoms in total. The number of likely N-dealkylation sites (N-methyl/N-ethyl adjacent to an activating group) is 1. The Hall–Kier alpha value is -2.58. The summed E-state index contributed by atoms with van der Waals surface area (Å²) >= 11 is 0. The maximum Gasteiger partial charge on any atom is 0.194 e. The number of rotatable bonds is 11. The van der Waals surface area contributed by atoms with Crippen LogP contribution in [0, 0.1) is 0 Å². The SMILES string of the molecule is CCNC(=NCc1ccc(OCCN(CC)CC)cc1)N1CCN(Cc2ccon2)CC1. The summed E-state index contributed by atoms with van der Waals surface area (Å²) in [6.07, 6.45) is 1.63. The number of piperazine rings is 1. The highest BCUT2D eigenvalue weighted by Crippen LogP contribution is 2.14. The van der Waals surface area contributed by atoms with E-state index in [2.05, 4.69) is 58.1 Å². The number of nitrogens with one attached hydrogen (secondary N) is 1. The first kappa shape index (κ1) is 24.1. The highest BCUT2D eigenvalue weighted by atomic mass is 16.5. The second kappa shape index (κ2) is 13.1. The topological polar surface area (TPSA) is 69.4 Å². The fourth-order valence-electron chi connectivity index (χ4n) is 3.78. The number of aromatic nitrogens is 1. The lowest BCUT2D eigenvalue weighted by atomic mass is 10.2. The van der Waals surface area contributed by atoms with Crippen LogP contribution in [0.3, 0.4) is 0 Å². The summed E-state index contributed by atoms with van der Waals surface area (Å²) in [6.45, 7) is 16.5. The molecule has 0 aliphatic carbocycles. The minimum absolute atomic E-state index is 0.654. The van der Waals surface area contributed by atoms with Crippen LogP contribution in [0.4, 0.5) is 0 Å². The first-order valence-electron chi connectivity index (χ1n) is 11.8. The zero-order chi connectivity index (χ0) is 22.6. The number of hydrogen-bond acceptors (Lipinski definition) is 6. The second-order valence-corrected chi connectivity index (χ2v) is 7.94. The highest BCUT2D eigenvalue weighted by molar-refractivity contribution is 5.80. The van der Waals surface area contributed by atoms with E-state index in [0.717, 1.165) is 76.3 Å². The highest BCUT2D eigenvalue weighted by Gasteiger charge is 2.20. The van der Waals surface area contributed by atoms with Crippen molar-refractivity contribution in [1.82, 2.24) is 25.2 Å². The second-order valence-electron chi connectivity index (χ2n) is 7.94. The third kappa shape index (κ3) is 7.53. The first-order chi connectivity index (χ1) is 15.7. The molecule has 2 heterocycles. The fourth-order valence-corrected chi connectivity index (χ4v) is 3.78. The summed E-state index contributed by atoms with van der Waals surface area (Å²) in [5.41, 5.74) is 2.17. The average Bonchev–Trinajstić information content (AvgIpc) is 3.34. The molecule has 0 spiro atoms. The largest absolute Gasteiger partial charge is 0.492 e. The predicted octanol–water partition coefficient (Wildman–Crippen LogP) is 2.68. The zero-order valence-corrected chi connectivity index (χ0v) is 19.8. The third-order valence-corrected chi connectivity index (χ3v) is 5.79. The Labute approximate surface area is 192 Å². The van der Waals surface area contributed by atoms with Crippen molar-refractivity contribution in [1.29, 1.82) is 0 Å². The van der Waals surface area contributed by atoms with Crippen LogP contribution in [0.1, 0.15) is 32.0 Å². The average molecular weight is 443 g/mol. The summed E-state index contributed by atoms with van der Waals surface area (Å²) in [6, 6.07) is 10.2. The molecule has 1 aromatic heterocycles. The van der Waals surface area contributed by atoms with Crippen LogP contribution < -0.4 is 10.1 Å². The van der Waals surface area contributed by atoms with Crippen molar-refractivity contribution < 1.29 is 9.26 Å². The number of ether oxygens (including phenoxy) is 1. The van der Waals surface area contributed by atoms with E-state index >= 15 is 0 Å². The van der Waals surface area contributed by atoms with Gasteiger partial charge in [0.25, 0.3) is 0 Å². The van der Waals surface area contributed by atoms with Gasteiger partial charge in [0, 0.05) is 51.9 Å². The Morgan fingerprint density at radius 2 is 1.84 bits per heavy atom. The molecule has 32 heavy (non-hydrogen) atoms. The monoisotopic (exact) mass is 442 g/mol. The summed E-state index contributed by atoms with van der Waals surface area (Å²) in [4.78, 5) is 12.0. The van der Waals surface area contributed by atoms with Gasteiger partial charge in [0.15, 0.2) is 5.96 Å². The molecule has 0 saturated carbocycles. The van der Waals surface area contributed by atoms with E-state index in [0.29, 0.717) is 13.2 Å². The van der Waals surface area contributed by atoms with Crippen LogP contribution in [0.25, 0.3) is 0 Å². The van der Waals surface area contributed by atoms with Crippen LogP contribution in [-0.4, -0.2) is 84.8 Å². The first-order valence-corrected chi connectivity index (χ1v) is 11.8. The fraction of sp³-hybridized carbons (Fsp3) is 0.583. The molecule has 176 valence electrons. The molecule has 0 unspecified atom stereocenters. The van der Waals surface area contributed by atoms with Gasteiger partial charge in [-0.15, -0.1) is 0 Å². The number of guanidine groups is 1. The minimum atomic E-state index is 0.654. The Morgan fingerprint density at radius 1 is 1.09 bits per heavy atom. The Kier molecular flexibility index (Phi) is 9.84. The third-order valence-electron chi connectivity index (χ3n) is 5.79. The van der Waals surface area contributed by atoms with Crippen LogP contribution in [0.2, 0.25) is 0 Å². The quantitative estimate of drug-likeness (QED) is 0.424. The lowest BCUT2D eigenvalue weighted by Gasteiger charge is -2.36. The van der Waals surface area contributed by atoms with E-state index in [1.807, 2.05) is 18.2 Å². The lowest BCUT2D eigenvalue weighted by Crippen LogP contribution is -2.52. The normalized spacial score (nSPS) is 15.4. The molecular weight excluding hydrogens is 404 g/mol. The van der Waals surface area contributed by atoms with Gasteiger partial charge >= 0.3 is 0 Å². The maximum absolute atomic E-state index is 5.89. The molecule has 8 heteroatoms. The van der Waals surface area contributed by atoms with Crippen molar-refractivity contribution in [2.24, 2.45) is 4.99 Å². The van der Waals surface area contributed by atoms with E-state index in [9.17, 15) is 0 Å². The van der Waals surface area contributed by atoms with Gasteiger partial charge in [0.05, 0.1) is 12.2 Å². The Bertz CT molecular complexity index is 781. The predicted molar refractivity (Wildman–Crippen MR) is 128 cm³/mol. The number of benzene rings is 1. The van der Waals surface area contributed by atoms with Crippen molar-refractivity contribution in [3.05, 3.63) is 47.9 Å². The number of nitrogens with zero attached hydrogens (tertiary/aromatic N) is 5. The van der Waals surface area contributed by atoms with Gasteiger partial charge in [-0.25, -0.2) is 4.99 Å². The Morgan fingerprint density at radius 3 is 2.47 bits per heavy atom. The zero-order valence-electron chi connectivity index (χ0n) is 19.8. The van der Waals surface area contributed by atoms with Crippen molar-refractivity contribution in [3.63, 3.8) is 0 Å². The Balaban J connectivity index is 1.47. The van der Waals surface area contributed by atoms with Gasteiger partial charge in [-0.2, -0.15) is 0 Å². The number of hydrogen-bond donors (Lipinski definition) is 1. The molecule has 2 aromatic rings. The van der Waals surface area contributed by atoms with E-state index < -0.39 is 0 Å². The lowest BCUT2D eigenvalue weighted by molar-refractivity contribution is 0.169. The molecule has 1 aliphatic heterocycles. The van der Waals surface area contributed by atoms with Gasteiger partial charge in [0.2, 0.25) is 0 Å². The summed E-state index contributed by atoms with van der Waals surface area (Å²) in [5, 5.41) is 7.46. The van der Waals surface area contributed by atoms with Gasteiger partial charge in [-0.3, -0.25) is 4.90 Å². The molecule has 0 radical (unpaired) electrons. The molecular formula is C24H38N6O2. The van der Waals surface area contributed by atoms with Crippen LogP contribution in [-0.2, 0) is 13.1 Å². The van der Waals surface area contributed by atoms with Gasteiger partial charge < -0.3 is 24.4 Å². The van der Waals surface area contributed by atoms with Crippen LogP contribution >= 0.6 is 0 Å². The smallest absolute Gasteiger partial charge is 0.194 e. The van der Waals surface area contributed by atoms with Gasteiger partial charge in [0.1, 0.15) is 18.6 Å². The minimum Gasteiger partial charge on any atom is -0.492 e. The molecule has 1 saturated heterocycles. The summed E-state index contributed by atoms with van der Waals surface area (Å²) in [5.74, 6) is 1.90. The molecule has 1 aliphatic rings. The molecule has 1 N–H and O–H groups in total. The van der Waals surface area contributed by atoms with Crippen molar-refractivity contribution in [3.8, 4) is 5.75 Å². The number of aliphatic imine (C=N–C) groups is 1.